The highest BCUT2D eigenvalue weighted by Gasteiger charge is 2.10. The van der Waals surface area contributed by atoms with Crippen LogP contribution in [0.25, 0.3) is 22.6 Å². The van der Waals surface area contributed by atoms with Crippen LogP contribution >= 0.6 is 31.9 Å². The van der Waals surface area contributed by atoms with Gasteiger partial charge in [0.25, 0.3) is 0 Å². The summed E-state index contributed by atoms with van der Waals surface area (Å²) in [6, 6.07) is 11.5. The van der Waals surface area contributed by atoms with Crippen LogP contribution in [0.5, 0.6) is 0 Å². The lowest BCUT2D eigenvalue weighted by Crippen LogP contribution is -1.88. The maximum absolute atomic E-state index is 5.70. The topological polar surface area (TPSA) is 38.9 Å². The van der Waals surface area contributed by atoms with Gasteiger partial charge in [-0.1, -0.05) is 18.2 Å². The second kappa shape index (κ2) is 4.23. The summed E-state index contributed by atoms with van der Waals surface area (Å²) in [6.45, 7) is 0. The fraction of sp³-hybridized carbons (Fsp3) is 0. The fourth-order valence-electron chi connectivity index (χ4n) is 1.59. The number of nitrogens with zero attached hydrogens (tertiary/aromatic N) is 2. The summed E-state index contributed by atoms with van der Waals surface area (Å²) >= 11 is 6.66. The summed E-state index contributed by atoms with van der Waals surface area (Å²) in [6.07, 6.45) is 0. The van der Waals surface area contributed by atoms with E-state index in [-0.39, 0.29) is 0 Å². The van der Waals surface area contributed by atoms with E-state index in [4.69, 9.17) is 4.42 Å². The summed E-state index contributed by atoms with van der Waals surface area (Å²) in [5.41, 5.74) is 0.835. The van der Waals surface area contributed by atoms with Crippen molar-refractivity contribution in [2.24, 2.45) is 0 Å². The second-order valence-corrected chi connectivity index (χ2v) is 5.11. The molecule has 17 heavy (non-hydrogen) atoms. The largest absolute Gasteiger partial charge is 0.453 e. The minimum Gasteiger partial charge on any atom is -0.453 e. The highest BCUT2D eigenvalue weighted by atomic mass is 79.9. The van der Waals surface area contributed by atoms with Crippen LogP contribution in [0.3, 0.4) is 0 Å². The number of hydrogen-bond acceptors (Lipinski definition) is 3. The van der Waals surface area contributed by atoms with Crippen molar-refractivity contribution < 1.29 is 4.42 Å². The third-order valence-corrected chi connectivity index (χ3v) is 3.12. The van der Waals surface area contributed by atoms with Gasteiger partial charge in [0.05, 0.1) is 0 Å². The summed E-state index contributed by atoms with van der Waals surface area (Å²) < 4.78 is 7.13. The maximum Gasteiger partial charge on any atom is 0.197 e. The molecule has 0 aliphatic carbocycles. The molecule has 0 bridgehead atoms. The SMILES string of the molecule is Brc1cc(Br)nc(-c2cc3ccccc3o2)n1. The molecule has 0 spiro atoms. The van der Waals surface area contributed by atoms with Crippen LogP contribution in [-0.4, -0.2) is 9.97 Å². The van der Waals surface area contributed by atoms with E-state index in [9.17, 15) is 0 Å². The molecule has 0 saturated carbocycles. The minimum absolute atomic E-state index is 0.558. The predicted molar refractivity (Wildman–Crippen MR) is 72.6 cm³/mol. The lowest BCUT2D eigenvalue weighted by Gasteiger charge is -1.97. The van der Waals surface area contributed by atoms with Crippen molar-refractivity contribution >= 4 is 42.8 Å². The molecule has 0 amide bonds. The molecule has 0 unspecified atom stereocenters. The second-order valence-electron chi connectivity index (χ2n) is 3.49. The highest BCUT2D eigenvalue weighted by molar-refractivity contribution is 9.11. The molecule has 0 saturated heterocycles. The third kappa shape index (κ3) is 2.12. The molecule has 0 N–H and O–H groups in total. The summed E-state index contributed by atoms with van der Waals surface area (Å²) in [7, 11) is 0. The van der Waals surface area contributed by atoms with Gasteiger partial charge >= 0.3 is 0 Å². The van der Waals surface area contributed by atoms with Crippen LogP contribution in [0, 0.1) is 0 Å². The van der Waals surface area contributed by atoms with Crippen molar-refractivity contribution in [3.05, 3.63) is 45.6 Å². The van der Waals surface area contributed by atoms with E-state index in [1.54, 1.807) is 6.07 Å². The number of fused-ring (bicyclic) bond motifs is 1. The Morgan fingerprint density at radius 2 is 1.65 bits per heavy atom. The first-order chi connectivity index (χ1) is 8.22. The van der Waals surface area contributed by atoms with Gasteiger partial charge in [0.15, 0.2) is 11.6 Å². The van der Waals surface area contributed by atoms with Crippen LogP contribution in [0.2, 0.25) is 0 Å². The smallest absolute Gasteiger partial charge is 0.197 e. The zero-order valence-electron chi connectivity index (χ0n) is 8.52. The van der Waals surface area contributed by atoms with Crippen molar-refractivity contribution in [1.82, 2.24) is 9.97 Å². The molecule has 0 radical (unpaired) electrons. The Labute approximate surface area is 114 Å². The lowest BCUT2D eigenvalue weighted by molar-refractivity contribution is 0.624. The molecular formula is C12H6Br2N2O. The van der Waals surface area contributed by atoms with Crippen LogP contribution < -0.4 is 0 Å². The van der Waals surface area contributed by atoms with Gasteiger partial charge in [-0.3, -0.25) is 0 Å². The van der Waals surface area contributed by atoms with Gasteiger partial charge in [0.1, 0.15) is 14.8 Å². The van der Waals surface area contributed by atoms with Crippen molar-refractivity contribution in [3.8, 4) is 11.6 Å². The molecule has 0 fully saturated rings. The molecular weight excluding hydrogens is 348 g/mol. The van der Waals surface area contributed by atoms with Gasteiger partial charge in [-0.15, -0.1) is 0 Å². The minimum atomic E-state index is 0.558. The maximum atomic E-state index is 5.70. The highest BCUT2D eigenvalue weighted by Crippen LogP contribution is 2.27. The van der Waals surface area contributed by atoms with Crippen molar-refractivity contribution in [3.63, 3.8) is 0 Å². The molecule has 0 aliphatic heterocycles. The Balaban J connectivity index is 2.20. The van der Waals surface area contributed by atoms with E-state index >= 15 is 0 Å². The molecule has 1 aromatic carbocycles. The third-order valence-electron chi connectivity index (χ3n) is 2.31. The molecule has 84 valence electrons. The molecule has 2 aromatic heterocycles. The number of hydrogen-bond donors (Lipinski definition) is 0. The molecule has 2 heterocycles. The Morgan fingerprint density at radius 1 is 0.941 bits per heavy atom. The van der Waals surface area contributed by atoms with Crippen molar-refractivity contribution in [2.45, 2.75) is 0 Å². The van der Waals surface area contributed by atoms with E-state index in [0.29, 0.717) is 11.6 Å². The van der Waals surface area contributed by atoms with E-state index in [1.807, 2.05) is 30.3 Å². The Hall–Kier alpha value is -1.20. The van der Waals surface area contributed by atoms with E-state index < -0.39 is 0 Å². The molecule has 5 heteroatoms. The van der Waals surface area contributed by atoms with Crippen LogP contribution in [0.15, 0.2) is 50.0 Å². The van der Waals surface area contributed by atoms with E-state index in [2.05, 4.69) is 41.8 Å². The van der Waals surface area contributed by atoms with Gasteiger partial charge in [0.2, 0.25) is 0 Å². The van der Waals surface area contributed by atoms with Crippen molar-refractivity contribution in [2.75, 3.05) is 0 Å². The zero-order chi connectivity index (χ0) is 11.8. The fourth-order valence-corrected chi connectivity index (χ4v) is 2.67. The van der Waals surface area contributed by atoms with Crippen LogP contribution in [0.1, 0.15) is 0 Å². The summed E-state index contributed by atoms with van der Waals surface area (Å²) in [5.74, 6) is 1.22. The summed E-state index contributed by atoms with van der Waals surface area (Å²) in [4.78, 5) is 8.56. The van der Waals surface area contributed by atoms with E-state index in [1.165, 1.54) is 0 Å². The zero-order valence-corrected chi connectivity index (χ0v) is 11.7. The average molecular weight is 354 g/mol. The first-order valence-corrected chi connectivity index (χ1v) is 6.50. The molecule has 3 nitrogen and oxygen atoms in total. The number of halogens is 2. The Kier molecular flexibility index (Phi) is 2.72. The number of benzene rings is 1. The molecule has 3 aromatic rings. The van der Waals surface area contributed by atoms with Gasteiger partial charge in [-0.25, -0.2) is 9.97 Å². The monoisotopic (exact) mass is 352 g/mol. The standard InChI is InChI=1S/C12H6Br2N2O/c13-10-6-11(14)16-12(15-10)9-5-7-3-1-2-4-8(7)17-9/h1-6H. The van der Waals surface area contributed by atoms with Gasteiger partial charge in [-0.2, -0.15) is 0 Å². The lowest BCUT2D eigenvalue weighted by atomic mass is 10.2. The quantitative estimate of drug-likeness (QED) is 0.608. The van der Waals surface area contributed by atoms with Gasteiger partial charge < -0.3 is 4.42 Å². The van der Waals surface area contributed by atoms with E-state index in [0.717, 1.165) is 20.2 Å². The molecule has 0 atom stereocenters. The molecule has 3 rings (SSSR count). The predicted octanol–water partition coefficient (Wildman–Crippen LogP) is 4.41. The average Bonchev–Trinajstić information content (AvgIpc) is 2.71. The van der Waals surface area contributed by atoms with Crippen LogP contribution in [0.4, 0.5) is 0 Å². The number of aromatic nitrogens is 2. The number of para-hydroxylation sites is 1. The first kappa shape index (κ1) is 10.9. The normalized spacial score (nSPS) is 10.9. The summed E-state index contributed by atoms with van der Waals surface area (Å²) in [5, 5.41) is 1.04. The number of furan rings is 1. The van der Waals surface area contributed by atoms with Gasteiger partial charge in [-0.05, 0) is 44.0 Å². The molecule has 0 aliphatic rings. The van der Waals surface area contributed by atoms with Gasteiger partial charge in [0, 0.05) is 11.5 Å². The first-order valence-electron chi connectivity index (χ1n) is 4.91. The number of rotatable bonds is 1. The van der Waals surface area contributed by atoms with Crippen molar-refractivity contribution in [1.29, 1.82) is 0 Å². The Morgan fingerprint density at radius 3 is 2.35 bits per heavy atom. The van der Waals surface area contributed by atoms with Crippen LogP contribution in [-0.2, 0) is 0 Å². The Bertz CT molecular complexity index is 641.